The van der Waals surface area contributed by atoms with Crippen molar-refractivity contribution in [3.8, 4) is 0 Å². The maximum absolute atomic E-state index is 6.00. The minimum absolute atomic E-state index is 0.590. The fourth-order valence-electron chi connectivity index (χ4n) is 3.16. The molecule has 0 fully saturated rings. The third kappa shape index (κ3) is 12.8. The lowest BCUT2D eigenvalue weighted by molar-refractivity contribution is 0.536. The van der Waals surface area contributed by atoms with Gasteiger partial charge < -0.3 is 0 Å². The minimum Gasteiger partial charge on any atom is -0.293 e. The molecule has 0 saturated heterocycles. The molecular weight excluding hydrogens is 361 g/mol. The summed E-state index contributed by atoms with van der Waals surface area (Å²) >= 11 is 11.9. The van der Waals surface area contributed by atoms with Gasteiger partial charge in [-0.1, -0.05) is 120 Å². The van der Waals surface area contributed by atoms with Crippen molar-refractivity contribution < 1.29 is 0 Å². The van der Waals surface area contributed by atoms with Crippen LogP contribution in [0.4, 0.5) is 0 Å². The Kier molecular flexibility index (Phi) is 15.0. The van der Waals surface area contributed by atoms with Crippen LogP contribution < -0.4 is 0 Å². The molecule has 0 unspecified atom stereocenters. The van der Waals surface area contributed by atoms with E-state index in [-0.39, 0.29) is 0 Å². The van der Waals surface area contributed by atoms with Gasteiger partial charge in [-0.15, -0.1) is 0 Å². The van der Waals surface area contributed by atoms with E-state index in [9.17, 15) is 0 Å². The maximum atomic E-state index is 6.00. The third-order valence-electron chi connectivity index (χ3n) is 4.82. The summed E-state index contributed by atoms with van der Waals surface area (Å²) in [6.07, 6.45) is 21.3. The average Bonchev–Trinajstić information content (AvgIpc) is 2.64. The second-order valence-corrected chi connectivity index (χ2v) is 8.12. The van der Waals surface area contributed by atoms with Crippen LogP contribution in [0, 0.1) is 0 Å². The minimum atomic E-state index is 0.590. The van der Waals surface area contributed by atoms with Crippen molar-refractivity contribution in [2.24, 2.45) is 4.99 Å². The monoisotopic (exact) mass is 397 g/mol. The zero-order valence-electron chi connectivity index (χ0n) is 16.6. The van der Waals surface area contributed by atoms with Gasteiger partial charge in [0.25, 0.3) is 0 Å². The van der Waals surface area contributed by atoms with Crippen LogP contribution in [0.2, 0.25) is 10.0 Å². The lowest BCUT2D eigenvalue weighted by Gasteiger charge is -2.03. The predicted octanol–water partition coefficient (Wildman–Crippen LogP) is 8.89. The van der Waals surface area contributed by atoms with Crippen molar-refractivity contribution in [3.05, 3.63) is 33.8 Å². The summed E-state index contributed by atoms with van der Waals surface area (Å²) in [6.45, 7) is 3.18. The molecule has 0 aliphatic heterocycles. The van der Waals surface area contributed by atoms with Crippen LogP contribution in [-0.4, -0.2) is 12.8 Å². The smallest absolute Gasteiger partial charge is 0.0598 e. The van der Waals surface area contributed by atoms with Crippen molar-refractivity contribution in [1.82, 2.24) is 0 Å². The molecule has 0 saturated carbocycles. The summed E-state index contributed by atoms with van der Waals surface area (Å²) < 4.78 is 0. The number of aliphatic imine (C=N–C) groups is 1. The topological polar surface area (TPSA) is 12.4 Å². The van der Waals surface area contributed by atoms with E-state index in [0.29, 0.717) is 10.0 Å². The lowest BCUT2D eigenvalue weighted by atomic mass is 10.0. The Morgan fingerprint density at radius 2 is 1.19 bits per heavy atom. The molecule has 148 valence electrons. The molecule has 0 bridgehead atoms. The van der Waals surface area contributed by atoms with E-state index in [2.05, 4.69) is 11.9 Å². The molecule has 0 spiro atoms. The first-order valence-electron chi connectivity index (χ1n) is 10.7. The Balaban J connectivity index is 1.85. The highest BCUT2D eigenvalue weighted by molar-refractivity contribution is 6.42. The van der Waals surface area contributed by atoms with Gasteiger partial charge in [-0.05, 0) is 24.1 Å². The molecule has 1 aromatic carbocycles. The lowest BCUT2D eigenvalue weighted by Crippen LogP contribution is -1.87. The van der Waals surface area contributed by atoms with Gasteiger partial charge in [-0.25, -0.2) is 0 Å². The molecule has 3 heteroatoms. The van der Waals surface area contributed by atoms with E-state index in [1.807, 2.05) is 24.4 Å². The van der Waals surface area contributed by atoms with Crippen LogP contribution in [0.1, 0.15) is 102 Å². The van der Waals surface area contributed by atoms with Crippen LogP contribution in [0.15, 0.2) is 23.2 Å². The quantitative estimate of drug-likeness (QED) is 0.195. The van der Waals surface area contributed by atoms with E-state index >= 15 is 0 Å². The van der Waals surface area contributed by atoms with Crippen molar-refractivity contribution >= 4 is 29.4 Å². The van der Waals surface area contributed by atoms with Crippen LogP contribution in [0.3, 0.4) is 0 Å². The molecule has 1 rings (SSSR count). The van der Waals surface area contributed by atoms with Gasteiger partial charge in [-0.3, -0.25) is 4.99 Å². The number of benzene rings is 1. The Morgan fingerprint density at radius 1 is 0.692 bits per heavy atom. The zero-order valence-corrected chi connectivity index (χ0v) is 18.1. The van der Waals surface area contributed by atoms with Crippen LogP contribution in [-0.2, 0) is 0 Å². The molecule has 0 aliphatic rings. The Hall–Kier alpha value is -0.530. The Bertz CT molecular complexity index is 485. The standard InChI is InChI=1S/C23H37Cl2N/c1-2-3-4-5-6-7-8-9-10-11-12-13-14-15-18-26-20-21-16-17-22(24)23(25)19-21/h16-17,19-20H,2-15,18H2,1H3. The normalized spacial score (nSPS) is 11.5. The van der Waals surface area contributed by atoms with Crippen LogP contribution in [0.25, 0.3) is 0 Å². The molecule has 26 heavy (non-hydrogen) atoms. The first-order chi connectivity index (χ1) is 12.7. The van der Waals surface area contributed by atoms with E-state index < -0.39 is 0 Å². The van der Waals surface area contributed by atoms with Gasteiger partial charge in [0, 0.05) is 12.8 Å². The van der Waals surface area contributed by atoms with Gasteiger partial charge in [0.2, 0.25) is 0 Å². The number of nitrogens with zero attached hydrogens (tertiary/aromatic N) is 1. The zero-order chi connectivity index (χ0) is 18.9. The van der Waals surface area contributed by atoms with Crippen molar-refractivity contribution in [1.29, 1.82) is 0 Å². The number of rotatable bonds is 16. The summed E-state index contributed by atoms with van der Waals surface area (Å²) in [5.41, 5.74) is 1.02. The maximum Gasteiger partial charge on any atom is 0.0598 e. The van der Waals surface area contributed by atoms with Gasteiger partial charge in [-0.2, -0.15) is 0 Å². The summed E-state index contributed by atoms with van der Waals surface area (Å²) in [5, 5.41) is 1.18. The predicted molar refractivity (Wildman–Crippen MR) is 119 cm³/mol. The summed E-state index contributed by atoms with van der Waals surface area (Å²) in [7, 11) is 0. The molecule has 0 amide bonds. The van der Waals surface area contributed by atoms with E-state index in [1.165, 1.54) is 89.9 Å². The molecule has 0 N–H and O–H groups in total. The molecule has 0 heterocycles. The molecule has 0 aromatic heterocycles. The highest BCUT2D eigenvalue weighted by Gasteiger charge is 1.97. The second-order valence-electron chi connectivity index (χ2n) is 7.31. The largest absolute Gasteiger partial charge is 0.293 e. The van der Waals surface area contributed by atoms with Gasteiger partial charge in [0.15, 0.2) is 0 Å². The number of unbranched alkanes of at least 4 members (excludes halogenated alkanes) is 13. The van der Waals surface area contributed by atoms with Gasteiger partial charge in [0.05, 0.1) is 10.0 Å². The molecule has 1 nitrogen and oxygen atoms in total. The fraction of sp³-hybridized carbons (Fsp3) is 0.696. The van der Waals surface area contributed by atoms with Crippen molar-refractivity contribution in [2.75, 3.05) is 6.54 Å². The van der Waals surface area contributed by atoms with Crippen LogP contribution in [0.5, 0.6) is 0 Å². The van der Waals surface area contributed by atoms with Crippen molar-refractivity contribution in [3.63, 3.8) is 0 Å². The van der Waals surface area contributed by atoms with Crippen molar-refractivity contribution in [2.45, 2.75) is 96.8 Å². The molecule has 0 aliphatic carbocycles. The molecular formula is C23H37Cl2N. The fourth-order valence-corrected chi connectivity index (χ4v) is 3.47. The SMILES string of the molecule is CCCCCCCCCCCCCCCCN=Cc1ccc(Cl)c(Cl)c1. The number of hydrogen-bond donors (Lipinski definition) is 0. The molecule has 1 aromatic rings. The number of hydrogen-bond acceptors (Lipinski definition) is 1. The Morgan fingerprint density at radius 3 is 1.69 bits per heavy atom. The second kappa shape index (κ2) is 16.6. The van der Waals surface area contributed by atoms with Gasteiger partial charge >= 0.3 is 0 Å². The Labute approximate surface area is 171 Å². The summed E-state index contributed by atoms with van der Waals surface area (Å²) in [4.78, 5) is 4.48. The first-order valence-corrected chi connectivity index (χ1v) is 11.4. The van der Waals surface area contributed by atoms with E-state index in [4.69, 9.17) is 23.2 Å². The summed E-state index contributed by atoms with van der Waals surface area (Å²) in [5.74, 6) is 0. The van der Waals surface area contributed by atoms with Crippen LogP contribution >= 0.6 is 23.2 Å². The van der Waals surface area contributed by atoms with E-state index in [0.717, 1.165) is 12.1 Å². The molecule has 0 radical (unpaired) electrons. The average molecular weight is 398 g/mol. The number of halogens is 2. The molecule has 0 atom stereocenters. The summed E-state index contributed by atoms with van der Waals surface area (Å²) in [6, 6.07) is 5.62. The van der Waals surface area contributed by atoms with E-state index in [1.54, 1.807) is 0 Å². The first kappa shape index (κ1) is 23.5. The third-order valence-corrected chi connectivity index (χ3v) is 5.56. The highest BCUT2D eigenvalue weighted by Crippen LogP contribution is 2.21. The highest BCUT2D eigenvalue weighted by atomic mass is 35.5. The van der Waals surface area contributed by atoms with Gasteiger partial charge in [0.1, 0.15) is 0 Å².